The minimum Gasteiger partial charge on any atom is -0.481 e. The average molecular weight is 396 g/mol. The number of aromatic nitrogens is 2. The standard InChI is InChI=1S/C20H24N6O3/c1-26(14-8-6-13(7-9-14)20(28)29)19(27)15-10-16(24-25-18(15)23)11-2-4-12(5-3-11)17(21)22/h2-5,10,13-14H,6-9H2,1H3,(H3,21,22)(H2,23,25)(H,28,29). The highest BCUT2D eigenvalue weighted by molar-refractivity contribution is 5.99. The van der Waals surface area contributed by atoms with Crippen LogP contribution in [0.25, 0.3) is 11.3 Å². The Morgan fingerprint density at radius 3 is 2.31 bits per heavy atom. The number of carboxylic acids is 1. The minimum atomic E-state index is -0.777. The summed E-state index contributed by atoms with van der Waals surface area (Å²) in [5, 5.41) is 24.6. The number of nitrogens with one attached hydrogen (secondary N) is 1. The maximum Gasteiger partial charge on any atom is 0.306 e. The van der Waals surface area contributed by atoms with Crippen LogP contribution in [0.5, 0.6) is 0 Å². The number of aliphatic carboxylic acids is 1. The lowest BCUT2D eigenvalue weighted by atomic mass is 9.85. The van der Waals surface area contributed by atoms with Gasteiger partial charge in [0.25, 0.3) is 5.91 Å². The number of nitrogen functional groups attached to an aromatic ring is 2. The van der Waals surface area contributed by atoms with Crippen LogP contribution < -0.4 is 11.5 Å². The molecule has 6 N–H and O–H groups in total. The van der Waals surface area contributed by atoms with Gasteiger partial charge in [-0.1, -0.05) is 24.3 Å². The molecule has 1 aliphatic rings. The van der Waals surface area contributed by atoms with E-state index in [4.69, 9.17) is 22.0 Å². The summed E-state index contributed by atoms with van der Waals surface area (Å²) in [6.07, 6.45) is 2.37. The van der Waals surface area contributed by atoms with Gasteiger partial charge in [-0.05, 0) is 31.7 Å². The highest BCUT2D eigenvalue weighted by Gasteiger charge is 2.31. The topological polar surface area (TPSA) is 159 Å². The van der Waals surface area contributed by atoms with Crippen molar-refractivity contribution >= 4 is 23.5 Å². The first-order chi connectivity index (χ1) is 13.8. The third-order valence-corrected chi connectivity index (χ3v) is 5.46. The van der Waals surface area contributed by atoms with Gasteiger partial charge in [0.15, 0.2) is 5.82 Å². The Morgan fingerprint density at radius 1 is 1.14 bits per heavy atom. The molecule has 3 rings (SSSR count). The van der Waals surface area contributed by atoms with Crippen LogP contribution in [0.1, 0.15) is 41.6 Å². The highest BCUT2D eigenvalue weighted by atomic mass is 16.4. The molecule has 1 saturated carbocycles. The quantitative estimate of drug-likeness (QED) is 0.442. The van der Waals surface area contributed by atoms with E-state index >= 15 is 0 Å². The molecule has 1 amide bonds. The van der Waals surface area contributed by atoms with Gasteiger partial charge in [0.1, 0.15) is 5.84 Å². The van der Waals surface area contributed by atoms with E-state index in [1.54, 1.807) is 42.3 Å². The molecule has 0 spiro atoms. The van der Waals surface area contributed by atoms with Gasteiger partial charge in [-0.2, -0.15) is 0 Å². The molecule has 0 saturated heterocycles. The summed E-state index contributed by atoms with van der Waals surface area (Å²) < 4.78 is 0. The van der Waals surface area contributed by atoms with Crippen LogP contribution in [-0.2, 0) is 4.79 Å². The van der Waals surface area contributed by atoms with E-state index in [1.807, 2.05) is 0 Å². The lowest BCUT2D eigenvalue weighted by Gasteiger charge is -2.33. The maximum absolute atomic E-state index is 13.0. The van der Waals surface area contributed by atoms with Crippen LogP contribution in [0.2, 0.25) is 0 Å². The van der Waals surface area contributed by atoms with Gasteiger partial charge in [-0.15, -0.1) is 10.2 Å². The molecule has 9 heteroatoms. The molecule has 1 aliphatic carbocycles. The van der Waals surface area contributed by atoms with Crippen LogP contribution in [0, 0.1) is 11.3 Å². The van der Waals surface area contributed by atoms with E-state index in [9.17, 15) is 9.59 Å². The molecule has 29 heavy (non-hydrogen) atoms. The predicted molar refractivity (Wildman–Crippen MR) is 108 cm³/mol. The van der Waals surface area contributed by atoms with Gasteiger partial charge in [0.2, 0.25) is 0 Å². The molecule has 0 bridgehead atoms. The van der Waals surface area contributed by atoms with Crippen molar-refractivity contribution in [3.05, 3.63) is 41.5 Å². The number of carboxylic acid groups (broad SMARTS) is 1. The fourth-order valence-electron chi connectivity index (χ4n) is 3.60. The first-order valence-corrected chi connectivity index (χ1v) is 9.36. The SMILES string of the molecule is CN(C(=O)c1cc(-c2ccc(C(=N)N)cc2)nnc1N)C1CCC(C(=O)O)CC1. The van der Waals surface area contributed by atoms with Crippen molar-refractivity contribution in [2.75, 3.05) is 12.8 Å². The molecule has 1 aromatic carbocycles. The van der Waals surface area contributed by atoms with Gasteiger partial charge < -0.3 is 21.5 Å². The van der Waals surface area contributed by atoms with E-state index in [0.29, 0.717) is 36.9 Å². The number of hydrogen-bond donors (Lipinski definition) is 4. The van der Waals surface area contributed by atoms with Crippen molar-refractivity contribution in [2.45, 2.75) is 31.7 Å². The van der Waals surface area contributed by atoms with Gasteiger partial charge >= 0.3 is 5.97 Å². The summed E-state index contributed by atoms with van der Waals surface area (Å²) in [7, 11) is 1.70. The minimum absolute atomic E-state index is 0.0324. The zero-order chi connectivity index (χ0) is 21.1. The zero-order valence-corrected chi connectivity index (χ0v) is 16.1. The van der Waals surface area contributed by atoms with Crippen LogP contribution >= 0.6 is 0 Å². The van der Waals surface area contributed by atoms with Crippen LogP contribution in [-0.4, -0.2) is 51.0 Å². The van der Waals surface area contributed by atoms with Gasteiger partial charge in [-0.25, -0.2) is 0 Å². The normalized spacial score (nSPS) is 18.8. The fourth-order valence-corrected chi connectivity index (χ4v) is 3.60. The van der Waals surface area contributed by atoms with Crippen molar-refractivity contribution in [2.24, 2.45) is 11.7 Å². The van der Waals surface area contributed by atoms with Crippen molar-refractivity contribution in [3.63, 3.8) is 0 Å². The van der Waals surface area contributed by atoms with E-state index in [-0.39, 0.29) is 35.1 Å². The zero-order valence-electron chi connectivity index (χ0n) is 16.1. The summed E-state index contributed by atoms with van der Waals surface area (Å²) in [6, 6.07) is 8.47. The summed E-state index contributed by atoms with van der Waals surface area (Å²) in [5.74, 6) is -1.37. The lowest BCUT2D eigenvalue weighted by Crippen LogP contribution is -2.40. The van der Waals surface area contributed by atoms with Crippen molar-refractivity contribution in [3.8, 4) is 11.3 Å². The Balaban J connectivity index is 1.79. The van der Waals surface area contributed by atoms with Crippen LogP contribution in [0.15, 0.2) is 30.3 Å². The smallest absolute Gasteiger partial charge is 0.306 e. The summed E-state index contributed by atoms with van der Waals surface area (Å²) >= 11 is 0. The number of carbonyl (C=O) groups excluding carboxylic acids is 1. The third-order valence-electron chi connectivity index (χ3n) is 5.46. The second kappa shape index (κ2) is 8.26. The number of amidine groups is 1. The Hall–Kier alpha value is -3.49. The number of nitrogens with two attached hydrogens (primary N) is 2. The third kappa shape index (κ3) is 4.34. The number of hydrogen-bond acceptors (Lipinski definition) is 6. The Kier molecular flexibility index (Phi) is 5.76. The summed E-state index contributed by atoms with van der Waals surface area (Å²) in [6.45, 7) is 0. The maximum atomic E-state index is 13.0. The van der Waals surface area contributed by atoms with Crippen LogP contribution in [0.3, 0.4) is 0 Å². The molecule has 9 nitrogen and oxygen atoms in total. The van der Waals surface area contributed by atoms with E-state index in [0.717, 1.165) is 5.56 Å². The second-order valence-corrected chi connectivity index (χ2v) is 7.28. The highest BCUT2D eigenvalue weighted by Crippen LogP contribution is 2.29. The Labute approximate surface area is 168 Å². The summed E-state index contributed by atoms with van der Waals surface area (Å²) in [4.78, 5) is 25.8. The molecule has 0 atom stereocenters. The first kappa shape index (κ1) is 20.2. The molecule has 0 aliphatic heterocycles. The molecule has 152 valence electrons. The number of rotatable bonds is 5. The van der Waals surface area contributed by atoms with E-state index < -0.39 is 5.97 Å². The van der Waals surface area contributed by atoms with Gasteiger partial charge in [0, 0.05) is 24.2 Å². The Bertz CT molecular complexity index is 936. The van der Waals surface area contributed by atoms with Crippen LogP contribution in [0.4, 0.5) is 5.82 Å². The predicted octanol–water partition coefficient (Wildman–Crippen LogP) is 1.73. The first-order valence-electron chi connectivity index (χ1n) is 9.36. The van der Waals surface area contributed by atoms with Gasteiger partial charge in [0.05, 0.1) is 17.2 Å². The molecule has 0 radical (unpaired) electrons. The van der Waals surface area contributed by atoms with E-state index in [2.05, 4.69) is 10.2 Å². The fraction of sp³-hybridized carbons (Fsp3) is 0.350. The molecule has 2 aromatic rings. The van der Waals surface area contributed by atoms with Crippen molar-refractivity contribution < 1.29 is 14.7 Å². The summed E-state index contributed by atoms with van der Waals surface area (Å²) in [5.41, 5.74) is 13.4. The molecular formula is C20H24N6O3. The number of carbonyl (C=O) groups is 2. The number of amides is 1. The molecule has 1 fully saturated rings. The second-order valence-electron chi connectivity index (χ2n) is 7.28. The number of anilines is 1. The van der Waals surface area contributed by atoms with E-state index in [1.165, 1.54) is 0 Å². The molecule has 1 heterocycles. The molecule has 0 unspecified atom stereocenters. The largest absolute Gasteiger partial charge is 0.481 e. The lowest BCUT2D eigenvalue weighted by molar-refractivity contribution is -0.143. The molecular weight excluding hydrogens is 372 g/mol. The number of benzene rings is 1. The molecule has 1 aromatic heterocycles. The number of nitrogens with zero attached hydrogens (tertiary/aromatic N) is 3. The van der Waals surface area contributed by atoms with Crippen molar-refractivity contribution in [1.82, 2.24) is 15.1 Å². The Morgan fingerprint density at radius 2 is 1.76 bits per heavy atom. The van der Waals surface area contributed by atoms with Crippen molar-refractivity contribution in [1.29, 1.82) is 5.41 Å². The average Bonchev–Trinajstić information content (AvgIpc) is 2.73. The van der Waals surface area contributed by atoms with Gasteiger partial charge in [-0.3, -0.25) is 15.0 Å². The monoisotopic (exact) mass is 396 g/mol.